The molecule has 0 saturated carbocycles. The Labute approximate surface area is 208 Å². The zero-order valence-electron chi connectivity index (χ0n) is 20.9. The molecule has 8 nitrogen and oxygen atoms in total. The van der Waals surface area contributed by atoms with E-state index in [-0.39, 0.29) is 42.4 Å². The first kappa shape index (κ1) is 25.8. The summed E-state index contributed by atoms with van der Waals surface area (Å²) < 4.78 is 30.0. The van der Waals surface area contributed by atoms with Gasteiger partial charge in [0.15, 0.2) is 0 Å². The van der Waals surface area contributed by atoms with Gasteiger partial charge < -0.3 is 33.9 Å². The lowest BCUT2D eigenvalue weighted by Crippen LogP contribution is -2.57. The number of hydrogen-bond acceptors (Lipinski definition) is 8. The van der Waals surface area contributed by atoms with E-state index in [2.05, 4.69) is 6.58 Å². The smallest absolute Gasteiger partial charge is 0.135 e. The van der Waals surface area contributed by atoms with Crippen LogP contribution >= 0.6 is 0 Å². The average Bonchev–Trinajstić information content (AvgIpc) is 3.53. The molecule has 0 radical (unpaired) electrons. The summed E-state index contributed by atoms with van der Waals surface area (Å²) in [7, 11) is 0. The second-order valence-corrected chi connectivity index (χ2v) is 11.4. The number of ether oxygens (including phenoxy) is 5. The molecular formula is C27H42O8. The summed E-state index contributed by atoms with van der Waals surface area (Å²) >= 11 is 0. The number of aliphatic hydroxyl groups excluding tert-OH is 2. The lowest BCUT2D eigenvalue weighted by Gasteiger charge is -2.46. The molecule has 8 heteroatoms. The number of carbonyl (C=O) groups is 1. The molecule has 0 aromatic heterocycles. The van der Waals surface area contributed by atoms with Crippen LogP contribution in [0.2, 0.25) is 0 Å². The van der Waals surface area contributed by atoms with E-state index in [0.29, 0.717) is 38.2 Å². The molecule has 9 unspecified atom stereocenters. The Morgan fingerprint density at radius 2 is 1.63 bits per heavy atom. The highest BCUT2D eigenvalue weighted by molar-refractivity contribution is 5.79. The van der Waals surface area contributed by atoms with Crippen molar-refractivity contribution in [1.29, 1.82) is 0 Å². The molecule has 35 heavy (non-hydrogen) atoms. The molecule has 2 N–H and O–H groups in total. The van der Waals surface area contributed by atoms with Crippen LogP contribution in [0, 0.1) is 5.92 Å². The Kier molecular flexibility index (Phi) is 8.28. The van der Waals surface area contributed by atoms with E-state index in [4.69, 9.17) is 23.7 Å². The lowest BCUT2D eigenvalue weighted by atomic mass is 9.87. The normalized spacial score (nSPS) is 46.1. The predicted octanol–water partition coefficient (Wildman–Crippen LogP) is 2.47. The van der Waals surface area contributed by atoms with Crippen molar-refractivity contribution in [1.82, 2.24) is 0 Å². The van der Waals surface area contributed by atoms with Gasteiger partial charge in [-0.05, 0) is 56.9 Å². The molecule has 0 spiro atoms. The fraction of sp³-hybridized carbons (Fsp3) is 0.889. The molecule has 5 heterocycles. The fourth-order valence-electron chi connectivity index (χ4n) is 6.59. The van der Waals surface area contributed by atoms with Gasteiger partial charge in [0.05, 0.1) is 55.4 Å². The van der Waals surface area contributed by atoms with E-state index in [1.54, 1.807) is 0 Å². The first-order valence-electron chi connectivity index (χ1n) is 13.6. The van der Waals surface area contributed by atoms with Crippen LogP contribution in [0.1, 0.15) is 71.1 Å². The molecule has 5 saturated heterocycles. The minimum atomic E-state index is -0.701. The number of rotatable bonds is 8. The standard InChI is InChI=1S/C27H42O8/c1-15-9-19(32-14-15)3-4-21-12-22(29)27(34-21)25-13-23(30)26-24(35-25)6-5-20(33-26)11-18(28)10-17-7-8-31-16(17)2/h16-17,19-27,29-30H,1,3-14H2,2H3/t16-,17?,19?,20?,21?,22?,23?,24?,25+,26?,27?/m0/s1. The second kappa shape index (κ2) is 11.3. The predicted molar refractivity (Wildman–Crippen MR) is 127 cm³/mol. The number of Topliss-reactive ketones (excluding diaryl/α,β-unsaturated/α-hetero) is 1. The molecule has 5 aliphatic heterocycles. The summed E-state index contributed by atoms with van der Waals surface area (Å²) in [5.41, 5.74) is 1.14. The Morgan fingerprint density at radius 3 is 2.37 bits per heavy atom. The zero-order chi connectivity index (χ0) is 24.5. The number of ketones is 1. The highest BCUT2D eigenvalue weighted by Gasteiger charge is 2.49. The van der Waals surface area contributed by atoms with Crippen molar-refractivity contribution in [2.75, 3.05) is 13.2 Å². The summed E-state index contributed by atoms with van der Waals surface area (Å²) in [5, 5.41) is 21.6. The van der Waals surface area contributed by atoms with Crippen LogP contribution in [0.3, 0.4) is 0 Å². The minimum absolute atomic E-state index is 0.0306. The molecule has 0 bridgehead atoms. The van der Waals surface area contributed by atoms with Gasteiger partial charge in [0, 0.05) is 32.3 Å². The van der Waals surface area contributed by atoms with Crippen molar-refractivity contribution < 1.29 is 38.7 Å². The van der Waals surface area contributed by atoms with Gasteiger partial charge in [0.25, 0.3) is 0 Å². The lowest BCUT2D eigenvalue weighted by molar-refractivity contribution is -0.247. The first-order chi connectivity index (χ1) is 16.9. The zero-order valence-corrected chi connectivity index (χ0v) is 20.9. The van der Waals surface area contributed by atoms with Gasteiger partial charge in [-0.2, -0.15) is 0 Å². The summed E-state index contributed by atoms with van der Waals surface area (Å²) in [6.07, 6.45) is 4.23. The Morgan fingerprint density at radius 1 is 0.886 bits per heavy atom. The van der Waals surface area contributed by atoms with E-state index < -0.39 is 24.4 Å². The van der Waals surface area contributed by atoms with Crippen molar-refractivity contribution in [3.8, 4) is 0 Å². The van der Waals surface area contributed by atoms with Crippen LogP contribution in [-0.4, -0.2) is 90.2 Å². The van der Waals surface area contributed by atoms with Gasteiger partial charge in [-0.15, -0.1) is 0 Å². The molecule has 0 aromatic carbocycles. The fourth-order valence-corrected chi connectivity index (χ4v) is 6.59. The molecule has 0 aromatic rings. The quantitative estimate of drug-likeness (QED) is 0.496. The van der Waals surface area contributed by atoms with Crippen molar-refractivity contribution in [3.05, 3.63) is 12.2 Å². The molecule has 198 valence electrons. The summed E-state index contributed by atoms with van der Waals surface area (Å²) in [6.45, 7) is 7.40. The van der Waals surface area contributed by atoms with Crippen molar-refractivity contribution in [2.45, 2.75) is 132 Å². The van der Waals surface area contributed by atoms with Crippen molar-refractivity contribution >= 4 is 5.78 Å². The van der Waals surface area contributed by atoms with E-state index >= 15 is 0 Å². The molecular weight excluding hydrogens is 452 g/mol. The molecule has 5 rings (SSSR count). The molecule has 11 atom stereocenters. The average molecular weight is 495 g/mol. The number of hydrogen-bond donors (Lipinski definition) is 2. The largest absolute Gasteiger partial charge is 0.390 e. The van der Waals surface area contributed by atoms with Crippen LogP contribution < -0.4 is 0 Å². The van der Waals surface area contributed by atoms with Gasteiger partial charge in [-0.25, -0.2) is 0 Å². The van der Waals surface area contributed by atoms with Crippen LogP contribution in [0.15, 0.2) is 12.2 Å². The van der Waals surface area contributed by atoms with E-state index in [9.17, 15) is 15.0 Å². The molecule has 5 aliphatic rings. The maximum absolute atomic E-state index is 12.6. The van der Waals surface area contributed by atoms with Crippen molar-refractivity contribution in [3.63, 3.8) is 0 Å². The third-order valence-corrected chi connectivity index (χ3v) is 8.62. The Hall–Kier alpha value is -0.870. The van der Waals surface area contributed by atoms with Gasteiger partial charge in [-0.3, -0.25) is 4.79 Å². The van der Waals surface area contributed by atoms with Crippen LogP contribution in [0.4, 0.5) is 0 Å². The monoisotopic (exact) mass is 494 g/mol. The minimum Gasteiger partial charge on any atom is -0.390 e. The maximum Gasteiger partial charge on any atom is 0.135 e. The Balaban J connectivity index is 1.08. The van der Waals surface area contributed by atoms with Gasteiger partial charge in [-0.1, -0.05) is 6.58 Å². The summed E-state index contributed by atoms with van der Waals surface area (Å²) in [6, 6.07) is 0. The van der Waals surface area contributed by atoms with Gasteiger partial charge in [0.1, 0.15) is 18.0 Å². The van der Waals surface area contributed by atoms with Gasteiger partial charge >= 0.3 is 0 Å². The third-order valence-electron chi connectivity index (χ3n) is 8.62. The van der Waals surface area contributed by atoms with Gasteiger partial charge in [0.2, 0.25) is 0 Å². The van der Waals surface area contributed by atoms with Crippen LogP contribution in [0.25, 0.3) is 0 Å². The SMILES string of the molecule is C=C1COC(CCC2CC(O)C([C@H]3CC(O)C4OC(CC(=O)CC5CCO[C@H]5C)CCC4O3)O2)C1. The highest BCUT2D eigenvalue weighted by Crippen LogP contribution is 2.38. The molecule has 0 aliphatic carbocycles. The summed E-state index contributed by atoms with van der Waals surface area (Å²) in [4.78, 5) is 12.6. The number of aliphatic hydroxyl groups is 2. The highest BCUT2D eigenvalue weighted by atomic mass is 16.6. The Bertz CT molecular complexity index is 757. The summed E-state index contributed by atoms with van der Waals surface area (Å²) in [5.74, 6) is 0.510. The molecule has 5 fully saturated rings. The topological polar surface area (TPSA) is 104 Å². The maximum atomic E-state index is 12.6. The van der Waals surface area contributed by atoms with E-state index in [0.717, 1.165) is 50.7 Å². The second-order valence-electron chi connectivity index (χ2n) is 11.4. The first-order valence-corrected chi connectivity index (χ1v) is 13.6. The van der Waals surface area contributed by atoms with Crippen LogP contribution in [0.5, 0.6) is 0 Å². The van der Waals surface area contributed by atoms with E-state index in [1.807, 2.05) is 6.92 Å². The third kappa shape index (κ3) is 6.17. The van der Waals surface area contributed by atoms with E-state index in [1.165, 1.54) is 0 Å². The molecule has 0 amide bonds. The number of fused-ring (bicyclic) bond motifs is 1. The van der Waals surface area contributed by atoms with Crippen molar-refractivity contribution in [2.24, 2.45) is 5.92 Å². The number of carbonyl (C=O) groups excluding carboxylic acids is 1. The van der Waals surface area contributed by atoms with Crippen LogP contribution in [-0.2, 0) is 28.5 Å².